The standard InChI is InChI=1S/C12H24N4O/c1-15(11-2-3-11)9-6-14-10-4-7-16(8-5-10)12(13)17/h10-11,14H,2-9H2,1H3,(H2,13,17). The van der Waals surface area contributed by atoms with E-state index in [0.717, 1.165) is 45.1 Å². The molecule has 3 N–H and O–H groups in total. The predicted molar refractivity (Wildman–Crippen MR) is 67.8 cm³/mol. The van der Waals surface area contributed by atoms with E-state index in [0.29, 0.717) is 6.04 Å². The van der Waals surface area contributed by atoms with E-state index in [-0.39, 0.29) is 6.03 Å². The second-order valence-electron chi connectivity index (χ2n) is 5.27. The number of urea groups is 1. The van der Waals surface area contributed by atoms with Crippen molar-refractivity contribution in [1.82, 2.24) is 15.1 Å². The number of carbonyl (C=O) groups excluding carboxylic acids is 1. The Labute approximate surface area is 103 Å². The SMILES string of the molecule is CN(CCNC1CCN(C(N)=O)CC1)C1CC1. The van der Waals surface area contributed by atoms with Crippen molar-refractivity contribution in [2.75, 3.05) is 33.2 Å². The van der Waals surface area contributed by atoms with Gasteiger partial charge in [-0.15, -0.1) is 0 Å². The van der Waals surface area contributed by atoms with E-state index in [1.807, 2.05) is 0 Å². The van der Waals surface area contributed by atoms with Gasteiger partial charge < -0.3 is 20.9 Å². The van der Waals surface area contributed by atoms with Crippen molar-refractivity contribution in [3.05, 3.63) is 0 Å². The molecule has 1 heterocycles. The van der Waals surface area contributed by atoms with Crippen LogP contribution < -0.4 is 11.1 Å². The normalized spacial score (nSPS) is 22.1. The summed E-state index contributed by atoms with van der Waals surface area (Å²) in [5, 5.41) is 3.57. The number of primary amides is 1. The summed E-state index contributed by atoms with van der Waals surface area (Å²) in [5.74, 6) is 0. The van der Waals surface area contributed by atoms with Crippen LogP contribution in [0.25, 0.3) is 0 Å². The Morgan fingerprint density at radius 3 is 2.53 bits per heavy atom. The second-order valence-corrected chi connectivity index (χ2v) is 5.27. The summed E-state index contributed by atoms with van der Waals surface area (Å²) in [6, 6.07) is 1.11. The molecule has 0 atom stereocenters. The molecule has 2 amide bonds. The summed E-state index contributed by atoms with van der Waals surface area (Å²) < 4.78 is 0. The molecule has 1 saturated heterocycles. The van der Waals surface area contributed by atoms with Crippen LogP contribution in [-0.2, 0) is 0 Å². The van der Waals surface area contributed by atoms with Crippen molar-refractivity contribution in [1.29, 1.82) is 0 Å². The molecule has 0 bridgehead atoms. The number of hydrogen-bond acceptors (Lipinski definition) is 3. The lowest BCUT2D eigenvalue weighted by molar-refractivity contribution is 0.184. The first-order valence-electron chi connectivity index (χ1n) is 6.65. The van der Waals surface area contributed by atoms with Gasteiger partial charge in [0.25, 0.3) is 0 Å². The number of amides is 2. The monoisotopic (exact) mass is 240 g/mol. The summed E-state index contributed by atoms with van der Waals surface area (Å²) in [4.78, 5) is 15.1. The Kier molecular flexibility index (Phi) is 4.23. The van der Waals surface area contributed by atoms with Gasteiger partial charge in [-0.05, 0) is 32.7 Å². The summed E-state index contributed by atoms with van der Waals surface area (Å²) in [7, 11) is 2.20. The lowest BCUT2D eigenvalue weighted by atomic mass is 10.1. The largest absolute Gasteiger partial charge is 0.351 e. The zero-order chi connectivity index (χ0) is 12.3. The molecule has 5 heteroatoms. The summed E-state index contributed by atoms with van der Waals surface area (Å²) in [5.41, 5.74) is 5.25. The lowest BCUT2D eigenvalue weighted by Gasteiger charge is -2.31. The fraction of sp³-hybridized carbons (Fsp3) is 0.917. The molecule has 0 radical (unpaired) electrons. The number of nitrogens with one attached hydrogen (secondary N) is 1. The number of nitrogens with zero attached hydrogens (tertiary/aromatic N) is 2. The minimum Gasteiger partial charge on any atom is -0.351 e. The maximum atomic E-state index is 11.0. The molecule has 1 aliphatic heterocycles. The Morgan fingerprint density at radius 1 is 1.35 bits per heavy atom. The number of hydrogen-bond donors (Lipinski definition) is 2. The first-order valence-corrected chi connectivity index (χ1v) is 6.65. The van der Waals surface area contributed by atoms with Gasteiger partial charge in [0.1, 0.15) is 0 Å². The van der Waals surface area contributed by atoms with Crippen LogP contribution >= 0.6 is 0 Å². The van der Waals surface area contributed by atoms with E-state index in [1.165, 1.54) is 12.8 Å². The van der Waals surface area contributed by atoms with Crippen LogP contribution in [0.2, 0.25) is 0 Å². The Hall–Kier alpha value is -0.810. The van der Waals surface area contributed by atoms with E-state index in [2.05, 4.69) is 17.3 Å². The Morgan fingerprint density at radius 2 is 2.00 bits per heavy atom. The zero-order valence-corrected chi connectivity index (χ0v) is 10.7. The molecule has 2 fully saturated rings. The van der Waals surface area contributed by atoms with Crippen LogP contribution in [0.4, 0.5) is 4.79 Å². The first kappa shape index (κ1) is 12.6. The number of rotatable bonds is 5. The molecule has 1 aliphatic carbocycles. The third-order valence-corrected chi connectivity index (χ3v) is 3.87. The average molecular weight is 240 g/mol. The van der Waals surface area contributed by atoms with E-state index in [1.54, 1.807) is 4.90 Å². The molecule has 0 aromatic heterocycles. The van der Waals surface area contributed by atoms with Gasteiger partial charge in [-0.25, -0.2) is 4.79 Å². The summed E-state index contributed by atoms with van der Waals surface area (Å²) in [6.07, 6.45) is 4.78. The van der Waals surface area contributed by atoms with Crippen molar-refractivity contribution in [2.45, 2.75) is 37.8 Å². The molecular formula is C12H24N4O. The molecule has 0 spiro atoms. The lowest BCUT2D eigenvalue weighted by Crippen LogP contribution is -2.47. The molecule has 2 rings (SSSR count). The van der Waals surface area contributed by atoms with Crippen molar-refractivity contribution in [3.8, 4) is 0 Å². The molecular weight excluding hydrogens is 216 g/mol. The van der Waals surface area contributed by atoms with Gasteiger partial charge in [0, 0.05) is 38.3 Å². The van der Waals surface area contributed by atoms with Crippen molar-refractivity contribution in [3.63, 3.8) is 0 Å². The number of nitrogens with two attached hydrogens (primary N) is 1. The van der Waals surface area contributed by atoms with Gasteiger partial charge in [0.15, 0.2) is 0 Å². The van der Waals surface area contributed by atoms with E-state index in [9.17, 15) is 4.79 Å². The van der Waals surface area contributed by atoms with Gasteiger partial charge in [0.2, 0.25) is 0 Å². The van der Waals surface area contributed by atoms with Crippen molar-refractivity contribution < 1.29 is 4.79 Å². The first-order chi connectivity index (χ1) is 8.16. The molecule has 0 aromatic carbocycles. The zero-order valence-electron chi connectivity index (χ0n) is 10.7. The van der Waals surface area contributed by atoms with Gasteiger partial charge in [-0.1, -0.05) is 0 Å². The number of carbonyl (C=O) groups is 1. The quantitative estimate of drug-likeness (QED) is 0.722. The van der Waals surface area contributed by atoms with Crippen LogP contribution in [-0.4, -0.2) is 61.1 Å². The fourth-order valence-electron chi connectivity index (χ4n) is 2.45. The second kappa shape index (κ2) is 5.69. The smallest absolute Gasteiger partial charge is 0.314 e. The van der Waals surface area contributed by atoms with Gasteiger partial charge in [-0.3, -0.25) is 0 Å². The average Bonchev–Trinajstić information content (AvgIpc) is 3.13. The minimum atomic E-state index is -0.281. The Bertz CT molecular complexity index is 259. The topological polar surface area (TPSA) is 61.6 Å². The highest BCUT2D eigenvalue weighted by Crippen LogP contribution is 2.24. The minimum absolute atomic E-state index is 0.281. The Balaban J connectivity index is 1.56. The molecule has 2 aliphatic rings. The third kappa shape index (κ3) is 3.85. The van der Waals surface area contributed by atoms with Crippen molar-refractivity contribution in [2.24, 2.45) is 5.73 Å². The maximum Gasteiger partial charge on any atom is 0.314 e. The van der Waals surface area contributed by atoms with Gasteiger partial charge in [0.05, 0.1) is 0 Å². The van der Waals surface area contributed by atoms with Crippen LogP contribution in [0.5, 0.6) is 0 Å². The maximum absolute atomic E-state index is 11.0. The van der Waals surface area contributed by atoms with E-state index < -0.39 is 0 Å². The van der Waals surface area contributed by atoms with Crippen LogP contribution in [0.3, 0.4) is 0 Å². The van der Waals surface area contributed by atoms with Crippen molar-refractivity contribution >= 4 is 6.03 Å². The fourth-order valence-corrected chi connectivity index (χ4v) is 2.45. The van der Waals surface area contributed by atoms with Gasteiger partial charge >= 0.3 is 6.03 Å². The number of likely N-dealkylation sites (N-methyl/N-ethyl adjacent to an activating group) is 1. The number of likely N-dealkylation sites (tertiary alicyclic amines) is 1. The van der Waals surface area contributed by atoms with E-state index >= 15 is 0 Å². The molecule has 5 nitrogen and oxygen atoms in total. The molecule has 17 heavy (non-hydrogen) atoms. The van der Waals surface area contributed by atoms with E-state index in [4.69, 9.17) is 5.73 Å². The molecule has 0 aromatic rings. The molecule has 1 saturated carbocycles. The van der Waals surface area contributed by atoms with Gasteiger partial charge in [-0.2, -0.15) is 0 Å². The van der Waals surface area contributed by atoms with Crippen LogP contribution in [0.15, 0.2) is 0 Å². The summed E-state index contributed by atoms with van der Waals surface area (Å²) in [6.45, 7) is 3.77. The summed E-state index contributed by atoms with van der Waals surface area (Å²) >= 11 is 0. The molecule has 98 valence electrons. The van der Waals surface area contributed by atoms with Crippen LogP contribution in [0, 0.1) is 0 Å². The third-order valence-electron chi connectivity index (χ3n) is 3.87. The number of piperidine rings is 1. The highest BCUT2D eigenvalue weighted by atomic mass is 16.2. The predicted octanol–water partition coefficient (Wildman–Crippen LogP) is 0.213. The van der Waals surface area contributed by atoms with Crippen LogP contribution in [0.1, 0.15) is 25.7 Å². The highest BCUT2D eigenvalue weighted by Gasteiger charge is 2.26. The molecule has 0 unspecified atom stereocenters. The highest BCUT2D eigenvalue weighted by molar-refractivity contribution is 5.72.